The van der Waals surface area contributed by atoms with Crippen LogP contribution in [0.4, 0.5) is 5.88 Å². The first kappa shape index (κ1) is 17.3. The summed E-state index contributed by atoms with van der Waals surface area (Å²) in [5.74, 6) is -1.59. The molecule has 9 heteroatoms. The number of rotatable bonds is 5. The maximum Gasteiger partial charge on any atom is 0.357 e. The van der Waals surface area contributed by atoms with Crippen molar-refractivity contribution in [3.8, 4) is 0 Å². The Bertz CT molecular complexity index is 1050. The highest BCUT2D eigenvalue weighted by molar-refractivity contribution is 6.01. The number of carboxylic acids is 1. The normalized spacial score (nSPS) is 11.0. The molecule has 0 radical (unpaired) electrons. The van der Waals surface area contributed by atoms with Crippen LogP contribution >= 0.6 is 0 Å². The highest BCUT2D eigenvalue weighted by Crippen LogP contribution is 2.17. The maximum atomic E-state index is 12.5. The fourth-order valence-electron chi connectivity index (χ4n) is 2.43. The smallest absolute Gasteiger partial charge is 0.357 e. The molecule has 0 saturated heterocycles. The minimum absolute atomic E-state index is 0.132. The number of aromatic nitrogens is 3. The summed E-state index contributed by atoms with van der Waals surface area (Å²) in [5, 5.41) is 19.8. The summed E-state index contributed by atoms with van der Waals surface area (Å²) in [6, 6.07) is 7.80. The fourth-order valence-corrected chi connectivity index (χ4v) is 2.43. The van der Waals surface area contributed by atoms with Crippen LogP contribution in [0.1, 0.15) is 35.9 Å². The van der Waals surface area contributed by atoms with Gasteiger partial charge in [0.05, 0.1) is 11.1 Å². The topological polar surface area (TPSA) is 127 Å². The molecule has 26 heavy (non-hydrogen) atoms. The van der Waals surface area contributed by atoms with Crippen LogP contribution in [0, 0.1) is 0 Å². The summed E-state index contributed by atoms with van der Waals surface area (Å²) in [6.07, 6.45) is 0. The molecular weight excluding hydrogens is 340 g/mol. The standard InChI is InChI=1S/C17H16N4O5/c1-9(2)12-7-14(26-20-12)18-13(22)8-21-16(23)11-6-4-3-5-10(11)15(19-21)17(24)25/h3-7,9H,8H2,1-2H3,(H,18,22)(H,24,25). The van der Waals surface area contributed by atoms with E-state index in [0.29, 0.717) is 5.69 Å². The summed E-state index contributed by atoms with van der Waals surface area (Å²) < 4.78 is 5.83. The highest BCUT2D eigenvalue weighted by Gasteiger charge is 2.18. The lowest BCUT2D eigenvalue weighted by molar-refractivity contribution is -0.117. The Hall–Kier alpha value is -3.49. The van der Waals surface area contributed by atoms with Gasteiger partial charge in [0.15, 0.2) is 5.69 Å². The van der Waals surface area contributed by atoms with Gasteiger partial charge in [-0.05, 0) is 12.0 Å². The van der Waals surface area contributed by atoms with Crippen molar-refractivity contribution in [1.82, 2.24) is 14.9 Å². The Labute approximate surface area is 147 Å². The number of carbonyl (C=O) groups is 2. The highest BCUT2D eigenvalue weighted by atomic mass is 16.5. The van der Waals surface area contributed by atoms with Gasteiger partial charge in [0.2, 0.25) is 11.8 Å². The van der Waals surface area contributed by atoms with Gasteiger partial charge in [-0.1, -0.05) is 37.2 Å². The first-order valence-electron chi connectivity index (χ1n) is 7.86. The third-order valence-electron chi connectivity index (χ3n) is 3.75. The molecule has 0 unspecified atom stereocenters. The third kappa shape index (κ3) is 3.32. The van der Waals surface area contributed by atoms with Gasteiger partial charge in [0.25, 0.3) is 5.56 Å². The zero-order chi connectivity index (χ0) is 18.8. The van der Waals surface area contributed by atoms with Crippen LogP contribution in [-0.4, -0.2) is 31.9 Å². The quantitative estimate of drug-likeness (QED) is 0.714. The number of aromatic carboxylic acids is 1. The van der Waals surface area contributed by atoms with E-state index in [1.165, 1.54) is 12.1 Å². The van der Waals surface area contributed by atoms with Crippen LogP contribution in [0.3, 0.4) is 0 Å². The number of carbonyl (C=O) groups excluding carboxylic acids is 1. The molecule has 2 heterocycles. The molecule has 2 N–H and O–H groups in total. The molecule has 134 valence electrons. The van der Waals surface area contributed by atoms with Crippen molar-refractivity contribution in [3.05, 3.63) is 52.1 Å². The fraction of sp³-hybridized carbons (Fsp3) is 0.235. The van der Waals surface area contributed by atoms with Gasteiger partial charge >= 0.3 is 5.97 Å². The molecule has 0 aliphatic carbocycles. The molecule has 0 fully saturated rings. The SMILES string of the molecule is CC(C)c1cc(NC(=O)Cn2nc(C(=O)O)c3ccccc3c2=O)on1. The summed E-state index contributed by atoms with van der Waals surface area (Å²) in [7, 11) is 0. The molecule has 0 bridgehead atoms. The van der Waals surface area contributed by atoms with Crippen LogP contribution in [0.5, 0.6) is 0 Å². The molecule has 2 aromatic heterocycles. The molecule has 9 nitrogen and oxygen atoms in total. The van der Waals surface area contributed by atoms with Crippen molar-refractivity contribution in [2.24, 2.45) is 0 Å². The van der Waals surface area contributed by atoms with Gasteiger partial charge in [-0.15, -0.1) is 0 Å². The Morgan fingerprint density at radius 1 is 1.27 bits per heavy atom. The van der Waals surface area contributed by atoms with E-state index in [2.05, 4.69) is 15.6 Å². The van der Waals surface area contributed by atoms with Gasteiger partial charge in [-0.2, -0.15) is 5.10 Å². The minimum atomic E-state index is -1.29. The second kappa shape index (κ2) is 6.79. The summed E-state index contributed by atoms with van der Waals surface area (Å²) >= 11 is 0. The van der Waals surface area contributed by atoms with Crippen LogP contribution in [-0.2, 0) is 11.3 Å². The van der Waals surface area contributed by atoms with E-state index >= 15 is 0 Å². The number of nitrogens with one attached hydrogen (secondary N) is 1. The summed E-state index contributed by atoms with van der Waals surface area (Å²) in [4.78, 5) is 36.1. The van der Waals surface area contributed by atoms with E-state index < -0.39 is 24.0 Å². The molecule has 0 saturated carbocycles. The number of anilines is 1. The first-order chi connectivity index (χ1) is 12.4. The Morgan fingerprint density at radius 2 is 1.96 bits per heavy atom. The van der Waals surface area contributed by atoms with Crippen molar-refractivity contribution in [2.45, 2.75) is 26.3 Å². The average Bonchev–Trinajstić information content (AvgIpc) is 3.06. The number of nitrogens with zero attached hydrogens (tertiary/aromatic N) is 3. The molecular formula is C17H16N4O5. The predicted octanol–water partition coefficient (Wildman–Crippen LogP) is 1.84. The van der Waals surface area contributed by atoms with Crippen LogP contribution in [0.25, 0.3) is 10.8 Å². The Kier molecular flexibility index (Phi) is 4.53. The maximum absolute atomic E-state index is 12.5. The number of benzene rings is 1. The van der Waals surface area contributed by atoms with Gasteiger partial charge in [-0.25, -0.2) is 9.48 Å². The first-order valence-corrected chi connectivity index (χ1v) is 7.86. The molecule has 0 aliphatic rings. The van der Waals surface area contributed by atoms with Gasteiger partial charge in [0, 0.05) is 11.5 Å². The molecule has 3 aromatic rings. The zero-order valence-corrected chi connectivity index (χ0v) is 14.1. The van der Waals surface area contributed by atoms with Crippen LogP contribution < -0.4 is 10.9 Å². The van der Waals surface area contributed by atoms with Crippen LogP contribution in [0.15, 0.2) is 39.6 Å². The van der Waals surface area contributed by atoms with Crippen molar-refractivity contribution in [2.75, 3.05) is 5.32 Å². The molecule has 3 rings (SSSR count). The number of amides is 1. The molecule has 0 aliphatic heterocycles. The van der Waals surface area contributed by atoms with Gasteiger partial charge < -0.3 is 9.63 Å². The van der Waals surface area contributed by atoms with Crippen molar-refractivity contribution >= 4 is 28.5 Å². The Balaban J connectivity index is 1.90. The number of carboxylic acid groups (broad SMARTS) is 1. The van der Waals surface area contributed by atoms with Crippen molar-refractivity contribution in [1.29, 1.82) is 0 Å². The lowest BCUT2D eigenvalue weighted by Gasteiger charge is -2.08. The predicted molar refractivity (Wildman–Crippen MR) is 92.2 cm³/mol. The van der Waals surface area contributed by atoms with E-state index in [1.807, 2.05) is 13.8 Å². The number of fused-ring (bicyclic) bond motifs is 1. The van der Waals surface area contributed by atoms with E-state index in [0.717, 1.165) is 4.68 Å². The zero-order valence-electron chi connectivity index (χ0n) is 14.1. The van der Waals surface area contributed by atoms with E-state index in [-0.39, 0.29) is 28.3 Å². The number of hydrogen-bond donors (Lipinski definition) is 2. The molecule has 0 atom stereocenters. The van der Waals surface area contributed by atoms with E-state index in [1.54, 1.807) is 18.2 Å². The van der Waals surface area contributed by atoms with Gasteiger partial charge in [0.1, 0.15) is 6.54 Å². The largest absolute Gasteiger partial charge is 0.476 e. The number of hydrogen-bond acceptors (Lipinski definition) is 6. The third-order valence-corrected chi connectivity index (χ3v) is 3.75. The minimum Gasteiger partial charge on any atom is -0.476 e. The van der Waals surface area contributed by atoms with Gasteiger partial charge in [-0.3, -0.25) is 14.9 Å². The molecule has 1 aromatic carbocycles. The lowest BCUT2D eigenvalue weighted by Crippen LogP contribution is -2.31. The Morgan fingerprint density at radius 3 is 2.58 bits per heavy atom. The second-order valence-electron chi connectivity index (χ2n) is 5.98. The monoisotopic (exact) mass is 356 g/mol. The van der Waals surface area contributed by atoms with Crippen LogP contribution in [0.2, 0.25) is 0 Å². The molecule has 1 amide bonds. The van der Waals surface area contributed by atoms with Crippen molar-refractivity contribution in [3.63, 3.8) is 0 Å². The van der Waals surface area contributed by atoms with Crippen molar-refractivity contribution < 1.29 is 19.2 Å². The van der Waals surface area contributed by atoms with E-state index in [4.69, 9.17) is 4.52 Å². The van der Waals surface area contributed by atoms with E-state index in [9.17, 15) is 19.5 Å². The summed E-state index contributed by atoms with van der Waals surface area (Å²) in [5.41, 5.74) is -0.176. The molecule has 0 spiro atoms. The lowest BCUT2D eigenvalue weighted by atomic mass is 10.1. The summed E-state index contributed by atoms with van der Waals surface area (Å²) in [6.45, 7) is 3.40. The average molecular weight is 356 g/mol. The second-order valence-corrected chi connectivity index (χ2v) is 5.98.